The number of hydrogen-bond acceptors (Lipinski definition) is 4. The number of ether oxygens (including phenoxy) is 2. The number of nitrogens with zero attached hydrogens (tertiary/aromatic N) is 1. The summed E-state index contributed by atoms with van der Waals surface area (Å²) >= 11 is 0. The third-order valence-electron chi connectivity index (χ3n) is 9.84. The van der Waals surface area contributed by atoms with Gasteiger partial charge in [-0.3, -0.25) is 4.79 Å². The van der Waals surface area contributed by atoms with E-state index in [0.717, 1.165) is 53.9 Å². The first-order valence-electron chi connectivity index (χ1n) is 13.3. The number of quaternary nitrogens is 1. The van der Waals surface area contributed by atoms with Crippen LogP contribution in [0.15, 0.2) is 58.9 Å². The van der Waals surface area contributed by atoms with Gasteiger partial charge < -0.3 is 24.4 Å². The summed E-state index contributed by atoms with van der Waals surface area (Å²) in [5, 5.41) is 13.9. The number of rotatable bonds is 4. The van der Waals surface area contributed by atoms with Crippen molar-refractivity contribution in [3.8, 4) is 0 Å². The fourth-order valence-corrected chi connectivity index (χ4v) is 8.09. The molecule has 6 nitrogen and oxygen atoms in total. The number of methoxy groups -OCH3 is 1. The minimum absolute atomic E-state index is 0.0430. The van der Waals surface area contributed by atoms with Gasteiger partial charge in [0.05, 0.1) is 32.8 Å². The zero-order valence-electron chi connectivity index (χ0n) is 21.8. The van der Waals surface area contributed by atoms with Gasteiger partial charge in [-0.05, 0) is 30.1 Å². The molecule has 2 unspecified atom stereocenters. The van der Waals surface area contributed by atoms with Crippen LogP contribution >= 0.6 is 0 Å². The fraction of sp³-hybridized carbons (Fsp3) is 0.552. The summed E-state index contributed by atoms with van der Waals surface area (Å²) in [7, 11) is 5.80. The van der Waals surface area contributed by atoms with E-state index in [4.69, 9.17) is 9.47 Å². The number of amides is 1. The van der Waals surface area contributed by atoms with Crippen molar-refractivity contribution in [2.75, 3.05) is 27.7 Å². The fourth-order valence-electron chi connectivity index (χ4n) is 8.09. The molecule has 1 spiro atoms. The van der Waals surface area contributed by atoms with Crippen LogP contribution in [0.5, 0.6) is 0 Å². The monoisotopic (exact) mass is 531 g/mol. The van der Waals surface area contributed by atoms with Gasteiger partial charge in [-0.2, -0.15) is 13.2 Å². The number of carbonyl (C=O) groups excluding carboxylic acids is 1. The average molecular weight is 532 g/mol. The topological polar surface area (TPSA) is 67.8 Å². The van der Waals surface area contributed by atoms with E-state index in [9.17, 15) is 23.1 Å². The number of alkyl halides is 3. The maximum atomic E-state index is 14.1. The molecule has 2 aliphatic heterocycles. The molecule has 2 bridgehead atoms. The number of carbonyl (C=O) groups is 1. The van der Waals surface area contributed by atoms with Gasteiger partial charge in [-0.25, -0.2) is 0 Å². The van der Waals surface area contributed by atoms with Crippen LogP contribution in [0.1, 0.15) is 37.7 Å². The second kappa shape index (κ2) is 8.44. The number of benzene rings is 1. The van der Waals surface area contributed by atoms with E-state index in [0.29, 0.717) is 18.4 Å². The van der Waals surface area contributed by atoms with E-state index >= 15 is 0 Å². The Morgan fingerprint density at radius 3 is 2.66 bits per heavy atom. The van der Waals surface area contributed by atoms with Gasteiger partial charge in [0, 0.05) is 42.9 Å². The lowest BCUT2D eigenvalue weighted by Crippen LogP contribution is -2.68. The molecule has 5 aliphatic rings. The summed E-state index contributed by atoms with van der Waals surface area (Å²) in [5.41, 5.74) is -1.44. The number of allylic oxidation sites excluding steroid dienone is 1. The van der Waals surface area contributed by atoms with Gasteiger partial charge in [-0.15, -0.1) is 0 Å². The summed E-state index contributed by atoms with van der Waals surface area (Å²) in [4.78, 5) is 13.3. The molecule has 0 aromatic heterocycles. The lowest BCUT2D eigenvalue weighted by atomic mass is 9.50. The van der Waals surface area contributed by atoms with E-state index in [1.54, 1.807) is 18.2 Å². The highest BCUT2D eigenvalue weighted by Crippen LogP contribution is 2.67. The first-order chi connectivity index (χ1) is 17.9. The Balaban J connectivity index is 1.43. The van der Waals surface area contributed by atoms with Crippen LogP contribution in [0.3, 0.4) is 0 Å². The van der Waals surface area contributed by atoms with Crippen LogP contribution in [0.2, 0.25) is 0 Å². The molecule has 1 aromatic carbocycles. The molecule has 0 radical (unpaired) electrons. The van der Waals surface area contributed by atoms with Crippen LogP contribution in [0.4, 0.5) is 13.2 Å². The Morgan fingerprint density at radius 2 is 1.97 bits per heavy atom. The Hall–Kier alpha value is -2.62. The summed E-state index contributed by atoms with van der Waals surface area (Å²) in [5.74, 6) is -1.04. The number of likely N-dealkylation sites (tertiary alicyclic amines) is 1. The largest absolute Gasteiger partial charge is 0.508 e. The molecule has 3 aliphatic carbocycles. The molecule has 3 fully saturated rings. The van der Waals surface area contributed by atoms with Crippen molar-refractivity contribution >= 4 is 12.0 Å². The molecule has 1 amide bonds. The van der Waals surface area contributed by atoms with Gasteiger partial charge in [0.1, 0.15) is 17.4 Å². The third-order valence-corrected chi connectivity index (χ3v) is 9.84. The molecular formula is C29H34F3N2O4+. The number of aliphatic hydroxyl groups is 1. The number of halogens is 3. The highest BCUT2D eigenvalue weighted by molar-refractivity contribution is 5.99. The molecule has 2 heterocycles. The second-order valence-corrected chi connectivity index (χ2v) is 11.9. The van der Waals surface area contributed by atoms with E-state index in [1.165, 1.54) is 25.3 Å². The normalized spacial score (nSPS) is 37.4. The zero-order chi connectivity index (χ0) is 27.1. The van der Waals surface area contributed by atoms with E-state index in [-0.39, 0.29) is 22.8 Å². The lowest BCUT2D eigenvalue weighted by molar-refractivity contribution is -0.928. The van der Waals surface area contributed by atoms with E-state index in [2.05, 4.69) is 19.4 Å². The lowest BCUT2D eigenvalue weighted by Gasteiger charge is -2.60. The maximum absolute atomic E-state index is 14.1. The van der Waals surface area contributed by atoms with Crippen molar-refractivity contribution in [2.24, 2.45) is 11.3 Å². The van der Waals surface area contributed by atoms with Crippen LogP contribution < -0.4 is 5.32 Å². The predicted molar refractivity (Wildman–Crippen MR) is 135 cm³/mol. The quantitative estimate of drug-likeness (QED) is 0.337. The molecule has 1 aromatic rings. The number of hydrogen-bond donors (Lipinski definition) is 2. The number of nitrogens with one attached hydrogen (secondary N) is 1. The van der Waals surface area contributed by atoms with Gasteiger partial charge in [-0.1, -0.05) is 36.8 Å². The van der Waals surface area contributed by atoms with Gasteiger partial charge in [0.15, 0.2) is 5.72 Å². The minimum Gasteiger partial charge on any atom is -0.508 e. The molecule has 9 heteroatoms. The molecular weight excluding hydrogens is 497 g/mol. The molecule has 204 valence electrons. The zero-order valence-corrected chi connectivity index (χ0v) is 21.8. The van der Waals surface area contributed by atoms with Crippen molar-refractivity contribution in [3.63, 3.8) is 0 Å². The first-order valence-corrected chi connectivity index (χ1v) is 13.3. The van der Waals surface area contributed by atoms with E-state index < -0.39 is 29.5 Å². The average Bonchev–Trinajstić information content (AvgIpc) is 3.21. The minimum atomic E-state index is -4.90. The molecule has 2 N–H and O–H groups in total. The molecule has 2 saturated heterocycles. The molecule has 38 heavy (non-hydrogen) atoms. The smallest absolute Gasteiger partial charge is 0.421 e. The summed E-state index contributed by atoms with van der Waals surface area (Å²) in [6.07, 6.45) is 0.737. The van der Waals surface area contributed by atoms with Gasteiger partial charge >= 0.3 is 6.18 Å². The van der Waals surface area contributed by atoms with Crippen LogP contribution in [0.25, 0.3) is 6.08 Å². The Bertz CT molecular complexity index is 1250. The van der Waals surface area contributed by atoms with Crippen molar-refractivity contribution < 1.29 is 37.0 Å². The highest BCUT2D eigenvalue weighted by Gasteiger charge is 2.71. The van der Waals surface area contributed by atoms with Gasteiger partial charge in [0.25, 0.3) is 5.91 Å². The Morgan fingerprint density at radius 1 is 1.24 bits per heavy atom. The molecule has 1 saturated carbocycles. The first kappa shape index (κ1) is 25.6. The van der Waals surface area contributed by atoms with Crippen molar-refractivity contribution in [3.05, 3.63) is 64.4 Å². The summed E-state index contributed by atoms with van der Waals surface area (Å²) in [6, 6.07) is 8.22. The van der Waals surface area contributed by atoms with E-state index in [1.807, 2.05) is 0 Å². The Labute approximate surface area is 220 Å². The highest BCUT2D eigenvalue weighted by atomic mass is 19.4. The van der Waals surface area contributed by atoms with Crippen molar-refractivity contribution in [1.82, 2.24) is 5.32 Å². The summed E-state index contributed by atoms with van der Waals surface area (Å²) < 4.78 is 55.7. The third kappa shape index (κ3) is 3.54. The number of piperidine rings is 1. The Kier molecular flexibility index (Phi) is 5.69. The van der Waals surface area contributed by atoms with Crippen LogP contribution in [0, 0.1) is 11.3 Å². The van der Waals surface area contributed by atoms with Crippen molar-refractivity contribution in [1.29, 1.82) is 0 Å². The van der Waals surface area contributed by atoms with Gasteiger partial charge in [0.2, 0.25) is 0 Å². The standard InChI is InChI=1S/C29H33F3N2O4/c1-34(2)13-12-27-19-10-7-11-23(27)38-25-24(27)18(15-21(19)34)22(35)16-28(25,37-3)33-26(36)20(29(30,31)32)14-17-8-5-4-6-9-17/h4-6,8-9,14,16,19,21,23,25H,7,10-13,15H2,1-3H3,(H-,33,35,36)/p+1/t19-,21+,23-,25?,27+,28?/m0/s1. The number of aliphatic hydroxyl groups excluding tert-OH is 1. The van der Waals surface area contributed by atoms with Crippen LogP contribution in [-0.4, -0.2) is 73.4 Å². The van der Waals surface area contributed by atoms with Crippen LogP contribution in [-0.2, 0) is 14.3 Å². The maximum Gasteiger partial charge on any atom is 0.421 e. The van der Waals surface area contributed by atoms with Crippen molar-refractivity contribution in [2.45, 2.75) is 62.3 Å². The molecule has 6 atom stereocenters. The SMILES string of the molecule is COC1(NC(=O)C(=Cc2ccccc2)C(F)(F)F)C=C(O)C2=C3C1O[C@H]1CCC[C@H]4[C@@H](C2)[N+](C)(C)CC[C@]314. The molecule has 6 rings (SSSR count). The second-order valence-electron chi connectivity index (χ2n) is 11.9. The summed E-state index contributed by atoms with van der Waals surface area (Å²) in [6.45, 7) is 0.944. The predicted octanol–water partition coefficient (Wildman–Crippen LogP) is 4.65.